The van der Waals surface area contributed by atoms with Crippen molar-refractivity contribution >= 4 is 11.6 Å². The largest absolute Gasteiger partial charge is 0.483 e. The summed E-state index contributed by atoms with van der Waals surface area (Å²) in [7, 11) is 0. The van der Waals surface area contributed by atoms with Gasteiger partial charge >= 0.3 is 0 Å². The van der Waals surface area contributed by atoms with Crippen LogP contribution in [0.5, 0.6) is 5.75 Å². The predicted molar refractivity (Wildman–Crippen MR) is 77.9 cm³/mol. The van der Waals surface area contributed by atoms with Gasteiger partial charge in [0.2, 0.25) is 0 Å². The van der Waals surface area contributed by atoms with Crippen molar-refractivity contribution in [3.05, 3.63) is 29.8 Å². The highest BCUT2D eigenvalue weighted by molar-refractivity contribution is 6.00. The van der Waals surface area contributed by atoms with Gasteiger partial charge in [0.1, 0.15) is 5.75 Å². The molecule has 0 unspecified atom stereocenters. The summed E-state index contributed by atoms with van der Waals surface area (Å²) < 4.78 is 10.8. The van der Waals surface area contributed by atoms with Gasteiger partial charge in [-0.2, -0.15) is 0 Å². The molecule has 1 fully saturated rings. The monoisotopic (exact) mass is 292 g/mol. The molecule has 1 aliphatic heterocycles. The number of carbonyl (C=O) groups is 1. The summed E-state index contributed by atoms with van der Waals surface area (Å²) in [4.78, 5) is 11.9. The van der Waals surface area contributed by atoms with E-state index in [-0.39, 0.29) is 18.6 Å². The molecule has 2 N–H and O–H groups in total. The fraction of sp³-hybridized carbons (Fsp3) is 0.467. The molecular formula is C15H20N2O4. The molecule has 0 saturated carbocycles. The zero-order chi connectivity index (χ0) is 15.1. The summed E-state index contributed by atoms with van der Waals surface area (Å²) >= 11 is 0. The standard InChI is InChI=1S/C15H20N2O4/c1-11(17-19)13-4-2-3-5-14(13)21-10-15(18)16-12-6-8-20-9-7-12/h2-5,12,19H,6-10H2,1H3,(H,16,18). The maximum Gasteiger partial charge on any atom is 0.258 e. The van der Waals surface area contributed by atoms with E-state index >= 15 is 0 Å². The average molecular weight is 292 g/mol. The molecule has 0 aliphatic carbocycles. The Morgan fingerprint density at radius 2 is 2.14 bits per heavy atom. The molecule has 0 bridgehead atoms. The van der Waals surface area contributed by atoms with Crippen molar-refractivity contribution in [2.45, 2.75) is 25.8 Å². The van der Waals surface area contributed by atoms with Crippen molar-refractivity contribution in [2.24, 2.45) is 5.16 Å². The molecule has 6 heteroatoms. The molecule has 1 heterocycles. The van der Waals surface area contributed by atoms with Crippen LogP contribution >= 0.6 is 0 Å². The van der Waals surface area contributed by atoms with Crippen LogP contribution in [0.15, 0.2) is 29.4 Å². The Balaban J connectivity index is 1.89. The lowest BCUT2D eigenvalue weighted by atomic mass is 10.1. The van der Waals surface area contributed by atoms with Crippen LogP contribution in [-0.2, 0) is 9.53 Å². The molecule has 114 valence electrons. The van der Waals surface area contributed by atoms with Crippen molar-refractivity contribution in [1.82, 2.24) is 5.32 Å². The Kier molecular flexibility index (Phi) is 5.57. The minimum absolute atomic E-state index is 0.0624. The number of oxime groups is 1. The Hall–Kier alpha value is -2.08. The second-order valence-corrected chi connectivity index (χ2v) is 4.92. The minimum atomic E-state index is -0.157. The number of ether oxygens (including phenoxy) is 2. The first-order valence-corrected chi connectivity index (χ1v) is 6.98. The average Bonchev–Trinajstić information content (AvgIpc) is 2.53. The van der Waals surface area contributed by atoms with E-state index in [2.05, 4.69) is 10.5 Å². The Morgan fingerprint density at radius 1 is 1.43 bits per heavy atom. The summed E-state index contributed by atoms with van der Waals surface area (Å²) in [5.41, 5.74) is 1.11. The first-order valence-electron chi connectivity index (χ1n) is 6.98. The summed E-state index contributed by atoms with van der Waals surface area (Å²) in [6, 6.07) is 7.30. The van der Waals surface area contributed by atoms with Gasteiger partial charge < -0.3 is 20.0 Å². The highest BCUT2D eigenvalue weighted by Gasteiger charge is 2.16. The van der Waals surface area contributed by atoms with Gasteiger partial charge in [0.15, 0.2) is 6.61 Å². The summed E-state index contributed by atoms with van der Waals surface area (Å²) in [5.74, 6) is 0.366. The zero-order valence-corrected chi connectivity index (χ0v) is 12.0. The fourth-order valence-electron chi connectivity index (χ4n) is 2.20. The van der Waals surface area contributed by atoms with Crippen LogP contribution < -0.4 is 10.1 Å². The van der Waals surface area contributed by atoms with E-state index in [1.165, 1.54) is 0 Å². The normalized spacial score (nSPS) is 16.5. The van der Waals surface area contributed by atoms with Crippen LogP contribution in [0, 0.1) is 0 Å². The predicted octanol–water partition coefficient (Wildman–Crippen LogP) is 1.56. The first-order chi connectivity index (χ1) is 10.2. The van der Waals surface area contributed by atoms with Gasteiger partial charge in [-0.05, 0) is 31.9 Å². The number of nitrogens with zero attached hydrogens (tertiary/aromatic N) is 1. The number of carbonyl (C=O) groups excluding carboxylic acids is 1. The zero-order valence-electron chi connectivity index (χ0n) is 12.0. The lowest BCUT2D eigenvalue weighted by molar-refractivity contribution is -0.124. The SMILES string of the molecule is CC(=NO)c1ccccc1OCC(=O)NC1CCOCC1. The van der Waals surface area contributed by atoms with E-state index < -0.39 is 0 Å². The molecule has 1 aliphatic rings. The number of amides is 1. The van der Waals surface area contributed by atoms with E-state index in [4.69, 9.17) is 14.7 Å². The summed E-state index contributed by atoms with van der Waals surface area (Å²) in [6.07, 6.45) is 1.66. The molecule has 1 aromatic carbocycles. The number of benzene rings is 1. The third kappa shape index (κ3) is 4.46. The lowest BCUT2D eigenvalue weighted by Gasteiger charge is -2.23. The number of rotatable bonds is 5. The van der Waals surface area contributed by atoms with Crippen molar-refractivity contribution in [1.29, 1.82) is 0 Å². The summed E-state index contributed by atoms with van der Waals surface area (Å²) in [5, 5.41) is 14.9. The van der Waals surface area contributed by atoms with Crippen molar-refractivity contribution < 1.29 is 19.5 Å². The summed E-state index contributed by atoms with van der Waals surface area (Å²) in [6.45, 7) is 2.97. The van der Waals surface area contributed by atoms with E-state index in [9.17, 15) is 4.79 Å². The number of hydrogen-bond donors (Lipinski definition) is 2. The molecular weight excluding hydrogens is 272 g/mol. The van der Waals surface area contributed by atoms with E-state index in [1.807, 2.05) is 6.07 Å². The van der Waals surface area contributed by atoms with Gasteiger partial charge in [0, 0.05) is 24.8 Å². The lowest BCUT2D eigenvalue weighted by Crippen LogP contribution is -2.41. The molecule has 6 nitrogen and oxygen atoms in total. The Morgan fingerprint density at radius 3 is 2.86 bits per heavy atom. The smallest absolute Gasteiger partial charge is 0.258 e. The highest BCUT2D eigenvalue weighted by atomic mass is 16.5. The van der Waals surface area contributed by atoms with Gasteiger partial charge in [-0.15, -0.1) is 0 Å². The third-order valence-corrected chi connectivity index (χ3v) is 3.37. The topological polar surface area (TPSA) is 80.2 Å². The molecule has 1 aromatic rings. The minimum Gasteiger partial charge on any atom is -0.483 e. The van der Waals surface area contributed by atoms with Crippen molar-refractivity contribution in [2.75, 3.05) is 19.8 Å². The first kappa shape index (κ1) is 15.3. The van der Waals surface area contributed by atoms with Crippen LogP contribution in [0.1, 0.15) is 25.3 Å². The molecule has 0 atom stereocenters. The fourth-order valence-corrected chi connectivity index (χ4v) is 2.20. The maximum absolute atomic E-state index is 11.9. The van der Waals surface area contributed by atoms with Gasteiger partial charge in [-0.3, -0.25) is 4.79 Å². The number of para-hydroxylation sites is 1. The molecule has 1 amide bonds. The van der Waals surface area contributed by atoms with Crippen LogP contribution in [0.2, 0.25) is 0 Å². The van der Waals surface area contributed by atoms with Crippen LogP contribution in [0.25, 0.3) is 0 Å². The molecule has 1 saturated heterocycles. The molecule has 0 radical (unpaired) electrons. The van der Waals surface area contributed by atoms with Crippen molar-refractivity contribution in [3.8, 4) is 5.75 Å². The number of hydrogen-bond acceptors (Lipinski definition) is 5. The van der Waals surface area contributed by atoms with E-state index in [0.717, 1.165) is 12.8 Å². The molecule has 21 heavy (non-hydrogen) atoms. The Labute approximate surface area is 123 Å². The quantitative estimate of drug-likeness (QED) is 0.490. The Bertz CT molecular complexity index is 510. The van der Waals surface area contributed by atoms with Gasteiger partial charge in [0.25, 0.3) is 5.91 Å². The second-order valence-electron chi connectivity index (χ2n) is 4.92. The third-order valence-electron chi connectivity index (χ3n) is 3.37. The highest BCUT2D eigenvalue weighted by Crippen LogP contribution is 2.18. The maximum atomic E-state index is 11.9. The molecule has 2 rings (SSSR count). The van der Waals surface area contributed by atoms with E-state index in [1.54, 1.807) is 25.1 Å². The van der Waals surface area contributed by atoms with Crippen LogP contribution in [0.3, 0.4) is 0 Å². The molecule has 0 spiro atoms. The van der Waals surface area contributed by atoms with Crippen molar-refractivity contribution in [3.63, 3.8) is 0 Å². The van der Waals surface area contributed by atoms with Crippen LogP contribution in [-0.4, -0.2) is 42.7 Å². The second kappa shape index (κ2) is 7.64. The van der Waals surface area contributed by atoms with Gasteiger partial charge in [0.05, 0.1) is 5.71 Å². The molecule has 0 aromatic heterocycles. The van der Waals surface area contributed by atoms with Crippen LogP contribution in [0.4, 0.5) is 0 Å². The van der Waals surface area contributed by atoms with Gasteiger partial charge in [-0.25, -0.2) is 0 Å². The van der Waals surface area contributed by atoms with E-state index in [0.29, 0.717) is 30.2 Å². The number of nitrogens with one attached hydrogen (secondary N) is 1. The van der Waals surface area contributed by atoms with Gasteiger partial charge in [-0.1, -0.05) is 17.3 Å².